The van der Waals surface area contributed by atoms with Gasteiger partial charge in [-0.2, -0.15) is 0 Å². The van der Waals surface area contributed by atoms with Crippen LogP contribution in [0.3, 0.4) is 0 Å². The third-order valence-corrected chi connectivity index (χ3v) is 2.75. The molecule has 0 heterocycles. The Hall–Kier alpha value is -0.0400. The second-order valence-electron chi connectivity index (χ2n) is 4.62. The maximum absolute atomic E-state index is 3.60. The molecule has 0 aliphatic heterocycles. The SMILES string of the molecule is CC(C)CCCNC(C)C1CC1. The van der Waals surface area contributed by atoms with Gasteiger partial charge in [-0.15, -0.1) is 0 Å². The third kappa shape index (κ3) is 4.10. The van der Waals surface area contributed by atoms with Crippen molar-refractivity contribution in [3.63, 3.8) is 0 Å². The molecule has 0 aromatic rings. The van der Waals surface area contributed by atoms with Crippen LogP contribution >= 0.6 is 0 Å². The number of rotatable bonds is 6. The highest BCUT2D eigenvalue weighted by Gasteiger charge is 2.26. The van der Waals surface area contributed by atoms with Gasteiger partial charge in [0.2, 0.25) is 0 Å². The van der Waals surface area contributed by atoms with Crippen LogP contribution in [0.15, 0.2) is 0 Å². The largest absolute Gasteiger partial charge is 0.314 e. The van der Waals surface area contributed by atoms with Crippen LogP contribution in [0.4, 0.5) is 0 Å². The zero-order valence-corrected chi connectivity index (χ0v) is 8.77. The molecule has 0 spiro atoms. The summed E-state index contributed by atoms with van der Waals surface area (Å²) < 4.78 is 0. The van der Waals surface area contributed by atoms with E-state index in [9.17, 15) is 0 Å². The molecule has 0 aromatic carbocycles. The summed E-state index contributed by atoms with van der Waals surface area (Å²) in [5.74, 6) is 1.87. The van der Waals surface area contributed by atoms with Gasteiger partial charge in [0.25, 0.3) is 0 Å². The highest BCUT2D eigenvalue weighted by atomic mass is 14.9. The average molecular weight is 169 g/mol. The quantitative estimate of drug-likeness (QED) is 0.603. The molecule has 0 radical (unpaired) electrons. The van der Waals surface area contributed by atoms with Gasteiger partial charge in [0.1, 0.15) is 0 Å². The van der Waals surface area contributed by atoms with Gasteiger partial charge in [-0.3, -0.25) is 0 Å². The summed E-state index contributed by atoms with van der Waals surface area (Å²) in [5, 5.41) is 3.60. The Labute approximate surface area is 76.9 Å². The Bertz CT molecular complexity index is 116. The van der Waals surface area contributed by atoms with Crippen molar-refractivity contribution in [3.05, 3.63) is 0 Å². The molecule has 1 aliphatic rings. The maximum Gasteiger partial charge on any atom is 0.00669 e. The van der Waals surface area contributed by atoms with Crippen molar-refractivity contribution < 1.29 is 0 Å². The first-order chi connectivity index (χ1) is 5.70. The molecule has 1 fully saturated rings. The summed E-state index contributed by atoms with van der Waals surface area (Å²) in [4.78, 5) is 0. The molecule has 1 aliphatic carbocycles. The predicted molar refractivity (Wildman–Crippen MR) is 54.3 cm³/mol. The number of nitrogens with one attached hydrogen (secondary N) is 1. The van der Waals surface area contributed by atoms with Crippen molar-refractivity contribution in [2.75, 3.05) is 6.54 Å². The fraction of sp³-hybridized carbons (Fsp3) is 1.00. The van der Waals surface area contributed by atoms with E-state index < -0.39 is 0 Å². The van der Waals surface area contributed by atoms with Crippen LogP contribution in [0.5, 0.6) is 0 Å². The highest BCUT2D eigenvalue weighted by molar-refractivity contribution is 4.82. The Morgan fingerprint density at radius 2 is 1.92 bits per heavy atom. The first-order valence-corrected chi connectivity index (χ1v) is 5.43. The fourth-order valence-corrected chi connectivity index (χ4v) is 1.60. The molecule has 1 nitrogen and oxygen atoms in total. The molecule has 1 atom stereocenters. The van der Waals surface area contributed by atoms with Crippen LogP contribution in [0, 0.1) is 11.8 Å². The van der Waals surface area contributed by atoms with Crippen molar-refractivity contribution in [3.8, 4) is 0 Å². The zero-order chi connectivity index (χ0) is 8.97. The topological polar surface area (TPSA) is 12.0 Å². The van der Waals surface area contributed by atoms with Crippen molar-refractivity contribution in [2.45, 2.75) is 52.5 Å². The van der Waals surface area contributed by atoms with Gasteiger partial charge in [0.05, 0.1) is 0 Å². The van der Waals surface area contributed by atoms with E-state index in [4.69, 9.17) is 0 Å². The van der Waals surface area contributed by atoms with Gasteiger partial charge in [0, 0.05) is 6.04 Å². The van der Waals surface area contributed by atoms with E-state index in [1.165, 1.54) is 32.2 Å². The molecule has 1 N–H and O–H groups in total. The van der Waals surface area contributed by atoms with Gasteiger partial charge in [-0.05, 0) is 51.0 Å². The lowest BCUT2D eigenvalue weighted by atomic mass is 10.1. The standard InChI is InChI=1S/C11H23N/c1-9(2)5-4-8-12-10(3)11-6-7-11/h9-12H,4-8H2,1-3H3. The summed E-state index contributed by atoms with van der Waals surface area (Å²) in [6.45, 7) is 8.14. The normalized spacial score (nSPS) is 20.0. The van der Waals surface area contributed by atoms with Crippen LogP contribution in [0.1, 0.15) is 46.5 Å². The van der Waals surface area contributed by atoms with Gasteiger partial charge < -0.3 is 5.32 Å². The van der Waals surface area contributed by atoms with Crippen molar-refractivity contribution >= 4 is 0 Å². The van der Waals surface area contributed by atoms with E-state index in [1.54, 1.807) is 0 Å². The second-order valence-corrected chi connectivity index (χ2v) is 4.62. The van der Waals surface area contributed by atoms with Crippen LogP contribution < -0.4 is 5.32 Å². The maximum atomic E-state index is 3.60. The van der Waals surface area contributed by atoms with Crippen LogP contribution in [0.25, 0.3) is 0 Å². The van der Waals surface area contributed by atoms with Crippen molar-refractivity contribution in [1.29, 1.82) is 0 Å². The first kappa shape index (κ1) is 10.0. The molecule has 0 saturated heterocycles. The minimum atomic E-state index is 0.775. The van der Waals surface area contributed by atoms with E-state index >= 15 is 0 Å². The minimum Gasteiger partial charge on any atom is -0.314 e. The second kappa shape index (κ2) is 4.86. The van der Waals surface area contributed by atoms with Gasteiger partial charge in [-0.25, -0.2) is 0 Å². The first-order valence-electron chi connectivity index (χ1n) is 5.43. The van der Waals surface area contributed by atoms with E-state index in [1.807, 2.05) is 0 Å². The molecule has 1 unspecified atom stereocenters. The Morgan fingerprint density at radius 1 is 1.25 bits per heavy atom. The fourth-order valence-electron chi connectivity index (χ4n) is 1.60. The molecule has 12 heavy (non-hydrogen) atoms. The lowest BCUT2D eigenvalue weighted by Gasteiger charge is -2.12. The molecule has 1 heteroatoms. The molecule has 1 saturated carbocycles. The number of hydrogen-bond donors (Lipinski definition) is 1. The van der Waals surface area contributed by atoms with E-state index in [-0.39, 0.29) is 0 Å². The summed E-state index contributed by atoms with van der Waals surface area (Å²) in [5.41, 5.74) is 0. The smallest absolute Gasteiger partial charge is 0.00669 e. The molecular weight excluding hydrogens is 146 g/mol. The summed E-state index contributed by atoms with van der Waals surface area (Å²) in [6, 6.07) is 0.775. The van der Waals surface area contributed by atoms with Crippen molar-refractivity contribution in [2.24, 2.45) is 11.8 Å². The van der Waals surface area contributed by atoms with Crippen molar-refractivity contribution in [1.82, 2.24) is 5.32 Å². The molecule has 1 rings (SSSR count). The molecule has 0 amide bonds. The van der Waals surface area contributed by atoms with Crippen LogP contribution in [-0.2, 0) is 0 Å². The Kier molecular flexibility index (Phi) is 4.07. The summed E-state index contributed by atoms with van der Waals surface area (Å²) in [7, 11) is 0. The van der Waals surface area contributed by atoms with Crippen LogP contribution in [-0.4, -0.2) is 12.6 Å². The average Bonchev–Trinajstić information content (AvgIpc) is 2.79. The summed E-state index contributed by atoms with van der Waals surface area (Å²) in [6.07, 6.45) is 5.62. The predicted octanol–water partition coefficient (Wildman–Crippen LogP) is 2.81. The molecule has 0 bridgehead atoms. The van der Waals surface area contributed by atoms with E-state index in [0.717, 1.165) is 17.9 Å². The molecule has 0 aromatic heterocycles. The monoisotopic (exact) mass is 169 g/mol. The van der Waals surface area contributed by atoms with Crippen LogP contribution in [0.2, 0.25) is 0 Å². The minimum absolute atomic E-state index is 0.775. The summed E-state index contributed by atoms with van der Waals surface area (Å²) >= 11 is 0. The Balaban J connectivity index is 1.87. The van der Waals surface area contributed by atoms with E-state index in [2.05, 4.69) is 26.1 Å². The third-order valence-electron chi connectivity index (χ3n) is 2.75. The number of hydrogen-bond acceptors (Lipinski definition) is 1. The van der Waals surface area contributed by atoms with E-state index in [0.29, 0.717) is 0 Å². The highest BCUT2D eigenvalue weighted by Crippen LogP contribution is 2.32. The zero-order valence-electron chi connectivity index (χ0n) is 8.77. The lowest BCUT2D eigenvalue weighted by Crippen LogP contribution is -2.28. The van der Waals surface area contributed by atoms with Gasteiger partial charge in [0.15, 0.2) is 0 Å². The molecule has 72 valence electrons. The van der Waals surface area contributed by atoms with Gasteiger partial charge in [-0.1, -0.05) is 13.8 Å². The Morgan fingerprint density at radius 3 is 2.42 bits per heavy atom. The molecular formula is C11H23N. The lowest BCUT2D eigenvalue weighted by molar-refractivity contribution is 0.461. The van der Waals surface area contributed by atoms with Gasteiger partial charge >= 0.3 is 0 Å².